The number of hydrogen-bond acceptors (Lipinski definition) is 7. The summed E-state index contributed by atoms with van der Waals surface area (Å²) in [5, 5.41) is 31.2. The van der Waals surface area contributed by atoms with Crippen molar-refractivity contribution >= 4 is 35.1 Å². The minimum absolute atomic E-state index is 0.0863. The predicted molar refractivity (Wildman–Crippen MR) is 165 cm³/mol. The third-order valence-electron chi connectivity index (χ3n) is 6.71. The van der Waals surface area contributed by atoms with Crippen molar-refractivity contribution in [3.05, 3.63) is 77.0 Å². The molecule has 226 valence electrons. The number of nitrogen functional groups attached to an aromatic ring is 1. The van der Waals surface area contributed by atoms with Crippen molar-refractivity contribution in [1.29, 1.82) is 10.8 Å². The van der Waals surface area contributed by atoms with Crippen LogP contribution in [0.4, 0.5) is 5.69 Å². The number of hydrogen-bond donors (Lipinski definition) is 6. The third-order valence-corrected chi connectivity index (χ3v) is 6.71. The van der Waals surface area contributed by atoms with E-state index in [-0.39, 0.29) is 51.6 Å². The van der Waals surface area contributed by atoms with Gasteiger partial charge in [0, 0.05) is 48.1 Å². The SMILES string of the molecule is COc1ccc(-c2ccc(C(=O)N[C@@H](CC(C)C)CN(C)C(C)=N)cc2C(=O)O)c(C(=O)Nc2ccc(C(=N)N)cc2)n1. The summed E-state index contributed by atoms with van der Waals surface area (Å²) in [7, 11) is 3.17. The van der Waals surface area contributed by atoms with Gasteiger partial charge in [-0.1, -0.05) is 19.9 Å². The van der Waals surface area contributed by atoms with Crippen LogP contribution in [-0.2, 0) is 0 Å². The summed E-state index contributed by atoms with van der Waals surface area (Å²) in [6.45, 7) is 6.16. The molecule has 0 unspecified atom stereocenters. The van der Waals surface area contributed by atoms with Gasteiger partial charge in [-0.05, 0) is 67.3 Å². The number of methoxy groups -OCH3 is 1. The molecule has 0 saturated heterocycles. The molecule has 0 bridgehead atoms. The second-order valence-corrected chi connectivity index (χ2v) is 10.5. The number of aromatic nitrogens is 1. The van der Waals surface area contributed by atoms with Crippen molar-refractivity contribution in [2.45, 2.75) is 33.2 Å². The van der Waals surface area contributed by atoms with Crippen LogP contribution in [-0.4, -0.2) is 71.2 Å². The van der Waals surface area contributed by atoms with Crippen LogP contribution < -0.4 is 21.1 Å². The number of nitrogens with zero attached hydrogens (tertiary/aromatic N) is 2. The maximum Gasteiger partial charge on any atom is 0.336 e. The van der Waals surface area contributed by atoms with Gasteiger partial charge in [-0.2, -0.15) is 0 Å². The van der Waals surface area contributed by atoms with Gasteiger partial charge in [0.05, 0.1) is 18.5 Å². The molecule has 0 saturated carbocycles. The van der Waals surface area contributed by atoms with Crippen LogP contribution in [0.5, 0.6) is 5.88 Å². The lowest BCUT2D eigenvalue weighted by molar-refractivity contribution is 0.0697. The maximum absolute atomic E-state index is 13.4. The zero-order valence-corrected chi connectivity index (χ0v) is 24.8. The molecule has 0 aliphatic heterocycles. The Morgan fingerprint density at radius 2 is 1.63 bits per heavy atom. The summed E-state index contributed by atoms with van der Waals surface area (Å²) in [5.41, 5.74) is 6.68. The van der Waals surface area contributed by atoms with Crippen LogP contribution in [0.2, 0.25) is 0 Å². The number of rotatable bonds is 12. The number of carboxylic acids is 1. The number of nitrogens with two attached hydrogens (primary N) is 1. The number of ether oxygens (including phenoxy) is 1. The number of anilines is 1. The van der Waals surface area contributed by atoms with E-state index < -0.39 is 17.8 Å². The summed E-state index contributed by atoms with van der Waals surface area (Å²) in [6.07, 6.45) is 0.667. The molecule has 2 amide bonds. The molecule has 12 heteroatoms. The second-order valence-electron chi connectivity index (χ2n) is 10.5. The van der Waals surface area contributed by atoms with Crippen LogP contribution >= 0.6 is 0 Å². The topological polar surface area (TPSA) is 195 Å². The van der Waals surface area contributed by atoms with Crippen LogP contribution in [0.15, 0.2) is 54.6 Å². The van der Waals surface area contributed by atoms with Crippen molar-refractivity contribution in [3.8, 4) is 17.0 Å². The maximum atomic E-state index is 13.4. The van der Waals surface area contributed by atoms with Gasteiger partial charge in [0.15, 0.2) is 0 Å². The van der Waals surface area contributed by atoms with Crippen molar-refractivity contribution in [2.24, 2.45) is 11.7 Å². The molecule has 43 heavy (non-hydrogen) atoms. The highest BCUT2D eigenvalue weighted by atomic mass is 16.5. The Hall–Kier alpha value is -5.26. The van der Waals surface area contributed by atoms with Gasteiger partial charge in [-0.25, -0.2) is 9.78 Å². The van der Waals surface area contributed by atoms with Crippen molar-refractivity contribution in [3.63, 3.8) is 0 Å². The van der Waals surface area contributed by atoms with Crippen LogP contribution in [0.25, 0.3) is 11.1 Å². The first-order valence-corrected chi connectivity index (χ1v) is 13.6. The molecule has 0 radical (unpaired) electrons. The first kappa shape index (κ1) is 32.3. The highest BCUT2D eigenvalue weighted by Crippen LogP contribution is 2.30. The average Bonchev–Trinajstić information content (AvgIpc) is 2.96. The lowest BCUT2D eigenvalue weighted by Crippen LogP contribution is -2.44. The number of pyridine rings is 1. The molecule has 3 rings (SSSR count). The van der Waals surface area contributed by atoms with Gasteiger partial charge in [0.25, 0.3) is 11.8 Å². The number of amidine groups is 2. The number of aromatic carboxylic acids is 1. The number of carbonyl (C=O) groups excluding carboxylic acids is 2. The molecule has 0 spiro atoms. The molecule has 1 atom stereocenters. The molecular formula is C31H37N7O5. The molecule has 7 N–H and O–H groups in total. The number of amides is 2. The molecule has 2 aromatic carbocycles. The van der Waals surface area contributed by atoms with E-state index in [1.54, 1.807) is 43.1 Å². The number of carboxylic acid groups (broad SMARTS) is 1. The van der Waals surface area contributed by atoms with Crippen LogP contribution in [0, 0.1) is 16.7 Å². The zero-order valence-electron chi connectivity index (χ0n) is 24.8. The van der Waals surface area contributed by atoms with Gasteiger partial charge < -0.3 is 31.1 Å². The van der Waals surface area contributed by atoms with E-state index in [9.17, 15) is 19.5 Å². The molecule has 0 fully saturated rings. The van der Waals surface area contributed by atoms with Crippen LogP contribution in [0.1, 0.15) is 64.0 Å². The Bertz CT molecular complexity index is 1540. The van der Waals surface area contributed by atoms with E-state index in [0.29, 0.717) is 30.1 Å². The molecule has 0 aliphatic rings. The third kappa shape index (κ3) is 8.38. The first-order valence-electron chi connectivity index (χ1n) is 13.6. The standard InChI is InChI=1S/C31H37N7O5/c1-17(2)14-22(16-38(4)18(3)32)36-29(39)20-8-11-23(25(15-20)31(41)42)24-12-13-26(43-5)37-27(24)30(40)35-21-9-6-19(7-10-21)28(33)34/h6-13,15,17,22,32H,14,16H2,1-5H3,(H3,33,34)(H,35,40)(H,36,39)(H,41,42)/t22-/m0/s1. The van der Waals surface area contributed by atoms with Gasteiger partial charge in [0.1, 0.15) is 11.5 Å². The fraction of sp³-hybridized carbons (Fsp3) is 0.290. The number of benzene rings is 2. The van der Waals surface area contributed by atoms with E-state index in [1.165, 1.54) is 37.4 Å². The van der Waals surface area contributed by atoms with Crippen molar-refractivity contribution in [2.75, 3.05) is 26.0 Å². The normalized spacial score (nSPS) is 11.4. The Labute approximate surface area is 250 Å². The van der Waals surface area contributed by atoms with Crippen molar-refractivity contribution in [1.82, 2.24) is 15.2 Å². The molecule has 0 aliphatic carbocycles. The lowest BCUT2D eigenvalue weighted by Gasteiger charge is -2.27. The highest BCUT2D eigenvalue weighted by molar-refractivity contribution is 6.10. The molecule has 12 nitrogen and oxygen atoms in total. The minimum Gasteiger partial charge on any atom is -0.481 e. The molecule has 3 aromatic rings. The number of likely N-dealkylation sites (N-methyl/N-ethyl adjacent to an activating group) is 1. The summed E-state index contributed by atoms with van der Waals surface area (Å²) in [6, 6.07) is 13.4. The average molecular weight is 588 g/mol. The largest absolute Gasteiger partial charge is 0.481 e. The predicted octanol–water partition coefficient (Wildman–Crippen LogP) is 4.07. The van der Waals surface area contributed by atoms with Crippen molar-refractivity contribution < 1.29 is 24.2 Å². The van der Waals surface area contributed by atoms with E-state index in [0.717, 1.165) is 0 Å². The second kappa shape index (κ2) is 14.1. The van der Waals surface area contributed by atoms with E-state index in [2.05, 4.69) is 15.6 Å². The molecule has 1 aromatic heterocycles. The Morgan fingerprint density at radius 1 is 1.00 bits per heavy atom. The van der Waals surface area contributed by atoms with Gasteiger partial charge in [0.2, 0.25) is 5.88 Å². The number of nitrogens with one attached hydrogen (secondary N) is 4. The van der Waals surface area contributed by atoms with E-state index in [1.807, 2.05) is 13.8 Å². The lowest BCUT2D eigenvalue weighted by atomic mass is 9.95. The monoisotopic (exact) mass is 587 g/mol. The summed E-state index contributed by atoms with van der Waals surface area (Å²) in [5.74, 6) is -1.68. The Balaban J connectivity index is 1.98. The summed E-state index contributed by atoms with van der Waals surface area (Å²) >= 11 is 0. The Kier molecular flexibility index (Phi) is 10.6. The quantitative estimate of drug-likeness (QED) is 0.135. The zero-order chi connectivity index (χ0) is 31.8. The highest BCUT2D eigenvalue weighted by Gasteiger charge is 2.24. The smallest absolute Gasteiger partial charge is 0.336 e. The van der Waals surface area contributed by atoms with Gasteiger partial charge in [-0.15, -0.1) is 0 Å². The van der Waals surface area contributed by atoms with E-state index in [4.69, 9.17) is 21.3 Å². The summed E-state index contributed by atoms with van der Waals surface area (Å²) < 4.78 is 5.21. The Morgan fingerprint density at radius 3 is 2.19 bits per heavy atom. The number of carbonyl (C=O) groups is 3. The van der Waals surface area contributed by atoms with Gasteiger partial charge in [-0.3, -0.25) is 20.4 Å². The van der Waals surface area contributed by atoms with E-state index >= 15 is 0 Å². The fourth-order valence-electron chi connectivity index (χ4n) is 4.45. The van der Waals surface area contributed by atoms with Gasteiger partial charge >= 0.3 is 5.97 Å². The summed E-state index contributed by atoms with van der Waals surface area (Å²) in [4.78, 5) is 45.1. The fourth-order valence-corrected chi connectivity index (χ4v) is 4.45. The first-order chi connectivity index (χ1) is 20.3. The minimum atomic E-state index is -1.29. The molecular weight excluding hydrogens is 550 g/mol. The molecule has 1 heterocycles. The van der Waals surface area contributed by atoms with Crippen LogP contribution in [0.3, 0.4) is 0 Å².